The minimum atomic E-state index is -1.19. The van der Waals surface area contributed by atoms with Crippen LogP contribution in [-0.4, -0.2) is 0 Å². The summed E-state index contributed by atoms with van der Waals surface area (Å²) < 4.78 is 0. The van der Waals surface area contributed by atoms with Crippen LogP contribution in [0.15, 0.2) is 0 Å². The van der Waals surface area contributed by atoms with Crippen molar-refractivity contribution in [3.05, 3.63) is 6.54 Å². The van der Waals surface area contributed by atoms with Gasteiger partial charge in [0.15, 0.2) is 0 Å². The number of halogens is 3. The van der Waals surface area contributed by atoms with E-state index in [2.05, 4.69) is 6.92 Å². The van der Waals surface area contributed by atoms with Gasteiger partial charge in [-0.25, -0.2) is 0 Å². The van der Waals surface area contributed by atoms with Gasteiger partial charge in [-0.3, -0.25) is 6.54 Å². The molecule has 0 fully saturated rings. The van der Waals surface area contributed by atoms with E-state index < -0.39 is 10.9 Å². The molecule has 0 saturated carbocycles. The zero-order valence-corrected chi connectivity index (χ0v) is 9.76. The average Bonchev–Trinajstić information content (AvgIpc) is 1.88. The minimum absolute atomic E-state index is 1.08. The Morgan fingerprint density at radius 1 is 1.27 bits per heavy atom. The average molecular weight is 265 g/mol. The Morgan fingerprint density at radius 3 is 2.00 bits per heavy atom. The van der Waals surface area contributed by atoms with E-state index in [0.29, 0.717) is 0 Å². The predicted molar refractivity (Wildman–Crippen MR) is 50.2 cm³/mol. The van der Waals surface area contributed by atoms with Crippen molar-refractivity contribution in [1.29, 1.82) is 0 Å². The summed E-state index contributed by atoms with van der Waals surface area (Å²) in [6.45, 7) is 3.92. The van der Waals surface area contributed by atoms with Crippen molar-refractivity contribution in [2.45, 2.75) is 32.6 Å². The first-order valence-corrected chi connectivity index (χ1v) is 7.62. The summed E-state index contributed by atoms with van der Waals surface area (Å²) >= 11 is 0. The van der Waals surface area contributed by atoms with E-state index >= 15 is 0 Å². The van der Waals surface area contributed by atoms with Crippen molar-refractivity contribution >= 4 is 30.4 Å². The van der Waals surface area contributed by atoms with Crippen LogP contribution in [0.4, 0.5) is 0 Å². The van der Waals surface area contributed by atoms with Crippen molar-refractivity contribution in [2.24, 2.45) is 5.73 Å². The third-order valence-electron chi connectivity index (χ3n) is 0.974. The topological polar surface area (TPSA) is 26.0 Å². The normalized spacial score (nSPS) is 10.1. The molecular formula is C6H14Cl3CoN-. The molecule has 0 rings (SSSR count). The van der Waals surface area contributed by atoms with Gasteiger partial charge in [-0.1, -0.05) is 26.2 Å². The summed E-state index contributed by atoms with van der Waals surface area (Å²) in [5.41, 5.74) is 5.14. The van der Waals surface area contributed by atoms with E-state index in [4.69, 9.17) is 36.2 Å². The van der Waals surface area contributed by atoms with Gasteiger partial charge in [-0.05, 0) is 0 Å². The van der Waals surface area contributed by atoms with Gasteiger partial charge in [0.25, 0.3) is 0 Å². The molecule has 5 heteroatoms. The third-order valence-corrected chi connectivity index (χ3v) is 0.974. The maximum absolute atomic E-state index is 5.14. The number of unbranched alkanes of at least 4 members (excludes halogenated alkanes) is 3. The van der Waals surface area contributed by atoms with Crippen LogP contribution in [0.3, 0.4) is 0 Å². The molecule has 0 spiro atoms. The van der Waals surface area contributed by atoms with Crippen LogP contribution in [0.25, 0.3) is 0 Å². The summed E-state index contributed by atoms with van der Waals surface area (Å²) in [5, 5.41) is 0. The van der Waals surface area contributed by atoms with E-state index in [1.807, 2.05) is 0 Å². The van der Waals surface area contributed by atoms with Crippen molar-refractivity contribution in [3.8, 4) is 0 Å². The molecule has 0 saturated heterocycles. The van der Waals surface area contributed by atoms with Crippen LogP contribution in [-0.2, 0) is 10.9 Å². The molecule has 0 atom stereocenters. The van der Waals surface area contributed by atoms with Crippen molar-refractivity contribution in [3.63, 3.8) is 0 Å². The molecule has 0 aliphatic carbocycles. The molecule has 0 amide bonds. The van der Waals surface area contributed by atoms with E-state index in [-0.39, 0.29) is 0 Å². The summed E-state index contributed by atoms with van der Waals surface area (Å²) in [6.07, 6.45) is 4.93. The van der Waals surface area contributed by atoms with Gasteiger partial charge in [0.1, 0.15) is 0 Å². The monoisotopic (exact) mass is 264 g/mol. The third kappa shape index (κ3) is 34.7. The molecule has 0 radical (unpaired) electrons. The molecule has 0 aromatic carbocycles. The fourth-order valence-corrected chi connectivity index (χ4v) is 0.512. The second kappa shape index (κ2) is 13.9. The first-order chi connectivity index (χ1) is 5.15. The number of hydrogen-bond donors (Lipinski definition) is 1. The van der Waals surface area contributed by atoms with Gasteiger partial charge < -0.3 is 5.73 Å². The molecule has 0 aliphatic heterocycles. The van der Waals surface area contributed by atoms with Crippen LogP contribution < -0.4 is 5.73 Å². The molecule has 0 bridgehead atoms. The van der Waals surface area contributed by atoms with Crippen molar-refractivity contribution in [2.75, 3.05) is 0 Å². The molecule has 0 aliphatic rings. The summed E-state index contributed by atoms with van der Waals surface area (Å²) in [4.78, 5) is 0. The Morgan fingerprint density at radius 2 is 1.73 bits per heavy atom. The van der Waals surface area contributed by atoms with Gasteiger partial charge in [0.05, 0.1) is 0 Å². The fraction of sp³-hybridized carbons (Fsp3) is 0.833. The van der Waals surface area contributed by atoms with Gasteiger partial charge in [-0.15, -0.1) is 0 Å². The number of hydrogen-bond acceptors (Lipinski definition) is 1. The Bertz CT molecular complexity index is 57.0. The predicted octanol–water partition coefficient (Wildman–Crippen LogP) is 3.75. The van der Waals surface area contributed by atoms with E-state index in [0.717, 1.165) is 6.42 Å². The molecule has 0 aromatic rings. The summed E-state index contributed by atoms with van der Waals surface area (Å²) in [6, 6.07) is 0. The van der Waals surface area contributed by atoms with E-state index in [1.165, 1.54) is 19.3 Å². The molecule has 11 heavy (non-hydrogen) atoms. The molecule has 74 valence electrons. The van der Waals surface area contributed by atoms with Crippen molar-refractivity contribution in [1.82, 2.24) is 0 Å². The van der Waals surface area contributed by atoms with Crippen LogP contribution in [0.2, 0.25) is 0 Å². The molecule has 0 unspecified atom stereocenters. The molecule has 0 heterocycles. The fourth-order valence-electron chi connectivity index (χ4n) is 0.512. The zero-order valence-electron chi connectivity index (χ0n) is 6.45. The summed E-state index contributed by atoms with van der Waals surface area (Å²) in [7, 11) is 13.4. The van der Waals surface area contributed by atoms with Crippen LogP contribution in [0.1, 0.15) is 32.6 Å². The van der Waals surface area contributed by atoms with Crippen molar-refractivity contribution < 1.29 is 10.9 Å². The maximum atomic E-state index is 5.14. The van der Waals surface area contributed by atoms with Gasteiger partial charge in [-0.2, -0.15) is 6.42 Å². The zero-order chi connectivity index (χ0) is 9.11. The standard InChI is InChI=1S/C6H14N.3ClH.Co/c1-2-3-4-5-6-7;;;;/h6H,2-5,7H2,1H3;3*1H;/q-1;;;;+3/p-3. The number of nitrogens with two attached hydrogens (primary N) is 1. The van der Waals surface area contributed by atoms with Crippen LogP contribution in [0.5, 0.6) is 0 Å². The van der Waals surface area contributed by atoms with Gasteiger partial charge in [0, 0.05) is 0 Å². The second-order valence-corrected chi connectivity index (χ2v) is 7.03. The SMILES string of the molecule is CCCCC[CH-]N.[Cl][Co]([Cl])[Cl]. The van der Waals surface area contributed by atoms with E-state index in [1.54, 1.807) is 6.54 Å². The Labute approximate surface area is 86.1 Å². The number of rotatable bonds is 4. The van der Waals surface area contributed by atoms with E-state index in [9.17, 15) is 0 Å². The Balaban J connectivity index is 0. The molecule has 2 N–H and O–H groups in total. The van der Waals surface area contributed by atoms with Gasteiger partial charge in [0.2, 0.25) is 0 Å². The first kappa shape index (κ1) is 14.8. The van der Waals surface area contributed by atoms with Crippen LogP contribution >= 0.6 is 30.4 Å². The van der Waals surface area contributed by atoms with Crippen LogP contribution in [0, 0.1) is 6.54 Å². The first-order valence-electron chi connectivity index (χ1n) is 3.33. The molecular weight excluding hydrogens is 251 g/mol. The summed E-state index contributed by atoms with van der Waals surface area (Å²) in [5.74, 6) is 0. The molecule has 1 nitrogen and oxygen atoms in total. The Kier molecular flexibility index (Phi) is 18.7. The Hall–Kier alpha value is 1.34. The second-order valence-electron chi connectivity index (χ2n) is 1.87. The quantitative estimate of drug-likeness (QED) is 0.608. The van der Waals surface area contributed by atoms with Gasteiger partial charge >= 0.3 is 41.4 Å². The molecule has 0 aromatic heterocycles.